The van der Waals surface area contributed by atoms with Crippen LogP contribution in [0.4, 0.5) is 0 Å². The second-order valence-electron chi connectivity index (χ2n) is 22.8. The number of nitrogens with one attached hydrogen (secondary N) is 5. The summed E-state index contributed by atoms with van der Waals surface area (Å²) in [6, 6.07) is 2.63. The number of imide groups is 2. The maximum Gasteiger partial charge on any atom is 0.326 e. The number of carboxylic acid groups (broad SMARTS) is 2. The van der Waals surface area contributed by atoms with E-state index in [0.717, 1.165) is 33.1 Å². The summed E-state index contributed by atoms with van der Waals surface area (Å²) in [6.45, 7) is 14.1. The number of unbranched alkanes of at least 4 members (excludes halogenated alkanes) is 2. The minimum Gasteiger partial charge on any atom is -0.480 e. The number of fused-ring (bicyclic) bond motifs is 1. The van der Waals surface area contributed by atoms with E-state index in [1.54, 1.807) is 37.0 Å². The molecule has 3 heterocycles. The molecule has 25 heteroatoms. The molecule has 1 unspecified atom stereocenters. The van der Waals surface area contributed by atoms with Gasteiger partial charge >= 0.3 is 11.9 Å². The maximum atomic E-state index is 14.5. The first-order valence-corrected chi connectivity index (χ1v) is 30.0. The number of nitrogens with two attached hydrogens (primary N) is 1. The Morgan fingerprint density at radius 2 is 1.48 bits per heavy atom. The van der Waals surface area contributed by atoms with Gasteiger partial charge in [-0.2, -0.15) is 0 Å². The lowest BCUT2D eigenvalue weighted by Crippen LogP contribution is -2.60. The summed E-state index contributed by atoms with van der Waals surface area (Å²) in [5.41, 5.74) is 11.9. The Hall–Kier alpha value is -5.99. The second kappa shape index (κ2) is 33.5. The number of ether oxygens (including phenoxy) is 2. The Bertz CT molecular complexity index is 2550. The van der Waals surface area contributed by atoms with E-state index in [0.29, 0.717) is 58.0 Å². The molecule has 4 rings (SSSR count). The topological polar surface area (TPSA) is 333 Å². The summed E-state index contributed by atoms with van der Waals surface area (Å²) >= 11 is 1.05. The highest BCUT2D eigenvalue weighted by atomic mass is 32.2. The predicted octanol–water partition coefficient (Wildman–Crippen LogP) is 3.06. The molecule has 1 aromatic heterocycles. The van der Waals surface area contributed by atoms with Crippen LogP contribution in [0.2, 0.25) is 0 Å². The number of H-pyrrole nitrogens is 1. The van der Waals surface area contributed by atoms with E-state index >= 15 is 0 Å². The summed E-state index contributed by atoms with van der Waals surface area (Å²) < 4.78 is 12.1. The first-order chi connectivity index (χ1) is 39.3. The van der Waals surface area contributed by atoms with Gasteiger partial charge < -0.3 is 40.6 Å². The zero-order chi connectivity index (χ0) is 61.8. The van der Waals surface area contributed by atoms with Crippen LogP contribution < -0.4 is 27.2 Å². The van der Waals surface area contributed by atoms with Gasteiger partial charge in [-0.3, -0.25) is 74.0 Å². The first-order valence-electron chi connectivity index (χ1n) is 29.0. The third kappa shape index (κ3) is 19.5. The second-order valence-corrected chi connectivity index (χ2v) is 24.1. The number of para-hydroxylation sites is 1. The lowest BCUT2D eigenvalue weighted by atomic mass is 9.87. The van der Waals surface area contributed by atoms with Crippen LogP contribution in [-0.4, -0.2) is 201 Å². The van der Waals surface area contributed by atoms with Crippen LogP contribution in [0, 0.1) is 23.7 Å². The fraction of sp³-hybridized carbons (Fsp3) is 0.690. The van der Waals surface area contributed by atoms with Crippen molar-refractivity contribution in [1.82, 2.24) is 46.1 Å². The van der Waals surface area contributed by atoms with Crippen LogP contribution in [0.15, 0.2) is 30.5 Å². The molecule has 83 heavy (non-hydrogen) atoms. The van der Waals surface area contributed by atoms with Crippen LogP contribution in [0.5, 0.6) is 0 Å². The molecule has 11 atom stereocenters. The SMILES string of the molecule is CC[C@H](C)[C@@H]([C@@H](CC(=O)N1CCC[C@H]1[C@H](OC)[C@@H](C)C(=O)N[C@@H](Cc1c[nH]c2ccccc12)C(=O)O)OC)N(C)[C@H](C(=O)NC(=O)[C@H](C(C)C)N(C)CCCC(=O)NNC(=O)CCCCCN1C(=O)CC(SC[C@H](N)C(=O)O)C1=O)C(C)C. The van der Waals surface area contributed by atoms with Gasteiger partial charge in [0.1, 0.15) is 12.1 Å². The Morgan fingerprint density at radius 3 is 2.08 bits per heavy atom. The number of amides is 8. The quantitative estimate of drug-likeness (QED) is 0.0279. The number of thioether (sulfide) groups is 1. The van der Waals surface area contributed by atoms with Gasteiger partial charge in [-0.15, -0.1) is 11.8 Å². The molecule has 8 amide bonds. The number of hydrazine groups is 1. The standard InChI is InChI=1S/C58H92N10O14S/c1-12-35(6)51(43(81-10)29-47(71)67-27-18-22-42(67)52(82-11)36(7)53(73)61-41(58(79)80)28-37-31-60-40-21-16-15-20-38(37)40)66(9)50(34(4)5)55(75)62-54(74)49(33(2)3)65(8)25-19-24-46(70)64-63-45(69)23-14-13-17-26-68-48(72)30-44(56(68)76)83-32-39(59)57(77)78/h15-16,20-21,31,33-36,39,41-44,49-52,60H,12-14,17-19,22-30,32,59H2,1-11H3,(H,61,73)(H,63,69)(H,64,70)(H,77,78)(H,79,80)(H,62,74,75)/t35-,36+,39-,41-,42-,43+,44?,49-,50-,51-,52+/m0/s1. The van der Waals surface area contributed by atoms with Crippen molar-refractivity contribution in [3.05, 3.63) is 36.0 Å². The van der Waals surface area contributed by atoms with Gasteiger partial charge in [0.05, 0.1) is 47.9 Å². The van der Waals surface area contributed by atoms with Crippen molar-refractivity contribution in [2.75, 3.05) is 53.7 Å². The van der Waals surface area contributed by atoms with Crippen LogP contribution in [0.25, 0.3) is 10.9 Å². The van der Waals surface area contributed by atoms with Crippen LogP contribution in [0.3, 0.4) is 0 Å². The molecule has 24 nitrogen and oxygen atoms in total. The summed E-state index contributed by atoms with van der Waals surface area (Å²) in [5, 5.41) is 24.8. The predicted molar refractivity (Wildman–Crippen MR) is 313 cm³/mol. The van der Waals surface area contributed by atoms with Crippen molar-refractivity contribution in [2.24, 2.45) is 29.4 Å². The minimum absolute atomic E-state index is 0.00577. The molecule has 2 aliphatic heterocycles. The van der Waals surface area contributed by atoms with E-state index in [4.69, 9.17) is 20.3 Å². The number of rotatable bonds is 35. The van der Waals surface area contributed by atoms with Crippen LogP contribution in [-0.2, 0) is 63.8 Å². The number of carbonyl (C=O) groups excluding carboxylic acids is 8. The summed E-state index contributed by atoms with van der Waals surface area (Å²) in [6.07, 6.45) is 4.04. The summed E-state index contributed by atoms with van der Waals surface area (Å²) in [5.74, 6) is -7.13. The molecule has 2 saturated heterocycles. The van der Waals surface area contributed by atoms with E-state index in [1.165, 1.54) is 14.2 Å². The first kappa shape index (κ1) is 69.5. The van der Waals surface area contributed by atoms with E-state index in [1.807, 2.05) is 70.7 Å². The number of likely N-dealkylation sites (N-methyl/N-ethyl adjacent to an activating group) is 2. The maximum absolute atomic E-state index is 14.5. The average Bonchev–Trinajstić information content (AvgIpc) is 4.27. The molecule has 9 N–H and O–H groups in total. The molecule has 0 radical (unpaired) electrons. The van der Waals surface area contributed by atoms with Crippen molar-refractivity contribution in [3.63, 3.8) is 0 Å². The number of aromatic amines is 1. The zero-order valence-corrected chi connectivity index (χ0v) is 51.1. The number of carbonyl (C=O) groups is 10. The zero-order valence-electron chi connectivity index (χ0n) is 50.3. The number of nitrogens with zero attached hydrogens (tertiary/aromatic N) is 4. The Kier molecular flexibility index (Phi) is 28.0. The van der Waals surface area contributed by atoms with Gasteiger partial charge in [0, 0.05) is 81.9 Å². The molecule has 0 spiro atoms. The number of carboxylic acids is 2. The molecule has 0 aliphatic carbocycles. The van der Waals surface area contributed by atoms with Crippen molar-refractivity contribution < 1.29 is 67.6 Å². The Labute approximate surface area is 492 Å². The molecule has 1 aromatic carbocycles. The molecular formula is C58H92N10O14S. The van der Waals surface area contributed by atoms with Gasteiger partial charge in [0.2, 0.25) is 47.3 Å². The highest BCUT2D eigenvalue weighted by Gasteiger charge is 2.45. The van der Waals surface area contributed by atoms with E-state index < -0.39 is 101 Å². The van der Waals surface area contributed by atoms with Gasteiger partial charge in [-0.1, -0.05) is 79.5 Å². The molecule has 464 valence electrons. The van der Waals surface area contributed by atoms with Gasteiger partial charge in [-0.25, -0.2) is 4.79 Å². The molecule has 0 saturated carbocycles. The molecule has 2 aromatic rings. The largest absolute Gasteiger partial charge is 0.480 e. The number of hydrogen-bond acceptors (Lipinski definition) is 16. The van der Waals surface area contributed by atoms with Gasteiger partial charge in [-0.05, 0) is 82.1 Å². The number of methoxy groups -OCH3 is 2. The monoisotopic (exact) mass is 1180 g/mol. The highest BCUT2D eigenvalue weighted by Crippen LogP contribution is 2.31. The third-order valence-electron chi connectivity index (χ3n) is 16.1. The summed E-state index contributed by atoms with van der Waals surface area (Å²) in [4.78, 5) is 140. The van der Waals surface area contributed by atoms with Gasteiger partial charge in [0.15, 0.2) is 0 Å². The van der Waals surface area contributed by atoms with Crippen LogP contribution >= 0.6 is 11.8 Å². The molecule has 2 aliphatic rings. The number of aliphatic carboxylic acids is 2. The number of benzene rings is 1. The number of hydrogen-bond donors (Lipinski definition) is 8. The lowest BCUT2D eigenvalue weighted by molar-refractivity contribution is -0.146. The van der Waals surface area contributed by atoms with Crippen molar-refractivity contribution in [3.8, 4) is 0 Å². The van der Waals surface area contributed by atoms with E-state index in [2.05, 4.69) is 26.5 Å². The van der Waals surface area contributed by atoms with Crippen LogP contribution in [0.1, 0.15) is 125 Å². The fourth-order valence-electron chi connectivity index (χ4n) is 11.6. The highest BCUT2D eigenvalue weighted by molar-refractivity contribution is 8.00. The molecule has 2 fully saturated rings. The van der Waals surface area contributed by atoms with Gasteiger partial charge in [0.25, 0.3) is 0 Å². The van der Waals surface area contributed by atoms with Crippen molar-refractivity contribution >= 4 is 81.9 Å². The van der Waals surface area contributed by atoms with E-state index in [-0.39, 0.29) is 79.9 Å². The smallest absolute Gasteiger partial charge is 0.326 e. The average molecular weight is 1190 g/mol. The van der Waals surface area contributed by atoms with Crippen molar-refractivity contribution in [2.45, 2.75) is 179 Å². The Balaban J connectivity index is 1.28. The molecule has 0 bridgehead atoms. The number of aromatic nitrogens is 1. The fourth-order valence-corrected chi connectivity index (χ4v) is 12.7. The lowest BCUT2D eigenvalue weighted by Gasteiger charge is -2.43. The minimum atomic E-state index is -1.21. The molecular weight excluding hydrogens is 1090 g/mol. The van der Waals surface area contributed by atoms with Crippen molar-refractivity contribution in [1.29, 1.82) is 0 Å². The van der Waals surface area contributed by atoms with E-state index in [9.17, 15) is 53.1 Å². The normalized spacial score (nSPS) is 18.9. The third-order valence-corrected chi connectivity index (χ3v) is 17.5. The number of likely N-dealkylation sites (tertiary alicyclic amines) is 2. The Morgan fingerprint density at radius 1 is 0.843 bits per heavy atom. The summed E-state index contributed by atoms with van der Waals surface area (Å²) in [7, 11) is 6.55.